The Morgan fingerprint density at radius 3 is 1.96 bits per heavy atom. The second kappa shape index (κ2) is 5.83. The van der Waals surface area contributed by atoms with Gasteiger partial charge in [-0.25, -0.2) is 0 Å². The van der Waals surface area contributed by atoms with E-state index in [1.54, 1.807) is 0 Å². The minimum atomic E-state index is -0.573. The number of benzene rings is 2. The van der Waals surface area contributed by atoms with Gasteiger partial charge >= 0.3 is 0 Å². The summed E-state index contributed by atoms with van der Waals surface area (Å²) in [7, 11) is 0. The summed E-state index contributed by atoms with van der Waals surface area (Å²) in [6.45, 7) is 3.95. The molecule has 4 atom stereocenters. The Morgan fingerprint density at radius 1 is 0.769 bits per heavy atom. The third-order valence-corrected chi connectivity index (χ3v) is 5.29. The highest BCUT2D eigenvalue weighted by Gasteiger charge is 2.55. The fourth-order valence-corrected chi connectivity index (χ4v) is 4.25. The first-order valence-corrected chi connectivity index (χ1v) is 9.18. The number of rotatable bonds is 2. The summed E-state index contributed by atoms with van der Waals surface area (Å²) in [4.78, 5) is 0. The van der Waals surface area contributed by atoms with Gasteiger partial charge in [-0.15, -0.1) is 0 Å². The largest absolute Gasteiger partial charge is 0.486 e. The average Bonchev–Trinajstić information content (AvgIpc) is 3.01. The maximum atomic E-state index is 6.45. The van der Waals surface area contributed by atoms with E-state index in [2.05, 4.69) is 60.7 Å². The average molecular weight is 346 g/mol. The van der Waals surface area contributed by atoms with Gasteiger partial charge in [0.2, 0.25) is 0 Å². The summed E-state index contributed by atoms with van der Waals surface area (Å²) in [5.74, 6) is 0.468. The van der Waals surface area contributed by atoms with Crippen molar-refractivity contribution in [1.82, 2.24) is 0 Å². The fourth-order valence-electron chi connectivity index (χ4n) is 4.25. The minimum Gasteiger partial charge on any atom is -0.486 e. The number of hydrogen-bond acceptors (Lipinski definition) is 3. The zero-order chi connectivity index (χ0) is 17.7. The third-order valence-electron chi connectivity index (χ3n) is 5.29. The molecule has 4 aliphatic rings. The Labute approximate surface area is 153 Å². The van der Waals surface area contributed by atoms with Gasteiger partial charge in [-0.3, -0.25) is 0 Å². The van der Waals surface area contributed by atoms with Gasteiger partial charge in [-0.1, -0.05) is 66.7 Å². The van der Waals surface area contributed by atoms with E-state index in [4.69, 9.17) is 14.2 Å². The smallest absolute Gasteiger partial charge is 0.164 e. The Bertz CT molecular complexity index is 825. The predicted molar refractivity (Wildman–Crippen MR) is 100 cm³/mol. The van der Waals surface area contributed by atoms with Crippen molar-refractivity contribution in [3.63, 3.8) is 0 Å². The summed E-state index contributed by atoms with van der Waals surface area (Å²) in [6, 6.07) is 20.9. The van der Waals surface area contributed by atoms with Crippen LogP contribution in [0.4, 0.5) is 0 Å². The molecule has 132 valence electrons. The van der Waals surface area contributed by atoms with Crippen molar-refractivity contribution < 1.29 is 14.2 Å². The molecule has 2 bridgehead atoms. The van der Waals surface area contributed by atoms with Gasteiger partial charge < -0.3 is 14.2 Å². The van der Waals surface area contributed by atoms with E-state index in [1.165, 1.54) is 0 Å². The lowest BCUT2D eigenvalue weighted by Gasteiger charge is -2.42. The molecule has 2 fully saturated rings. The molecule has 26 heavy (non-hydrogen) atoms. The summed E-state index contributed by atoms with van der Waals surface area (Å²) >= 11 is 0. The summed E-state index contributed by atoms with van der Waals surface area (Å²) in [5, 5.41) is 0. The van der Waals surface area contributed by atoms with Gasteiger partial charge in [0.1, 0.15) is 24.1 Å². The lowest BCUT2D eigenvalue weighted by atomic mass is 9.80. The zero-order valence-corrected chi connectivity index (χ0v) is 15.0. The summed E-state index contributed by atoms with van der Waals surface area (Å²) in [5.41, 5.74) is 3.45. The molecule has 0 saturated carbocycles. The van der Waals surface area contributed by atoms with Crippen molar-refractivity contribution in [2.75, 3.05) is 0 Å². The van der Waals surface area contributed by atoms with Crippen molar-refractivity contribution in [2.45, 2.75) is 37.9 Å². The predicted octanol–water partition coefficient (Wildman–Crippen LogP) is 4.55. The van der Waals surface area contributed by atoms with E-state index in [0.29, 0.717) is 0 Å². The van der Waals surface area contributed by atoms with Crippen LogP contribution in [-0.4, -0.2) is 24.1 Å². The summed E-state index contributed by atoms with van der Waals surface area (Å²) in [6.07, 6.45) is 4.18. The van der Waals surface area contributed by atoms with Crippen molar-refractivity contribution in [3.05, 3.63) is 89.7 Å². The Morgan fingerprint density at radius 2 is 1.35 bits per heavy atom. The standard InChI is InChI=1S/C23H22O3/c1-23(2)25-21-17-13-14-18(22(21)26-23)24-20(17)19(15-9-5-3-6-10-15)16-11-7-4-8-12-16/h3-14,17-18,21-22H,1-2H3/t17-,18-,21-,22+/m0/s1. The first-order chi connectivity index (χ1) is 12.6. The van der Waals surface area contributed by atoms with Gasteiger partial charge in [0.15, 0.2) is 5.79 Å². The molecule has 6 rings (SSSR count). The van der Waals surface area contributed by atoms with Crippen molar-refractivity contribution in [2.24, 2.45) is 5.92 Å². The minimum absolute atomic E-state index is 0.00817. The molecule has 2 saturated heterocycles. The third kappa shape index (κ3) is 2.51. The number of ether oxygens (including phenoxy) is 3. The quantitative estimate of drug-likeness (QED) is 0.747. The van der Waals surface area contributed by atoms with E-state index in [9.17, 15) is 0 Å². The fraction of sp³-hybridized carbons (Fsp3) is 0.304. The van der Waals surface area contributed by atoms with Gasteiger partial charge in [0.25, 0.3) is 0 Å². The maximum absolute atomic E-state index is 6.45. The first kappa shape index (κ1) is 15.9. The molecular formula is C23H22O3. The van der Waals surface area contributed by atoms with Crippen LogP contribution in [0.2, 0.25) is 0 Å². The Kier molecular flexibility index (Phi) is 3.56. The number of fused-ring (bicyclic) bond motifs is 1. The van der Waals surface area contributed by atoms with Crippen LogP contribution in [0.5, 0.6) is 0 Å². The molecule has 0 N–H and O–H groups in total. The van der Waals surface area contributed by atoms with Gasteiger partial charge in [0, 0.05) is 5.57 Å². The zero-order valence-electron chi connectivity index (χ0n) is 15.0. The van der Waals surface area contributed by atoms with Crippen molar-refractivity contribution >= 4 is 5.57 Å². The van der Waals surface area contributed by atoms with Gasteiger partial charge in [-0.2, -0.15) is 0 Å². The second-order valence-corrected chi connectivity index (χ2v) is 7.53. The van der Waals surface area contributed by atoms with Crippen LogP contribution in [0.3, 0.4) is 0 Å². The van der Waals surface area contributed by atoms with Gasteiger partial charge in [0.05, 0.1) is 5.92 Å². The van der Waals surface area contributed by atoms with E-state index in [1.807, 2.05) is 26.0 Å². The Balaban J connectivity index is 1.67. The molecular weight excluding hydrogens is 324 g/mol. The van der Waals surface area contributed by atoms with E-state index in [0.717, 1.165) is 22.5 Å². The van der Waals surface area contributed by atoms with E-state index < -0.39 is 5.79 Å². The molecule has 2 aromatic carbocycles. The molecule has 3 heteroatoms. The van der Waals surface area contributed by atoms with Crippen LogP contribution in [0.1, 0.15) is 25.0 Å². The monoisotopic (exact) mass is 346 g/mol. The molecule has 3 nitrogen and oxygen atoms in total. The van der Waals surface area contributed by atoms with Crippen LogP contribution in [0.15, 0.2) is 78.6 Å². The molecule has 2 aromatic rings. The van der Waals surface area contributed by atoms with Crippen molar-refractivity contribution in [3.8, 4) is 0 Å². The maximum Gasteiger partial charge on any atom is 0.164 e. The normalized spacial score (nSPS) is 30.8. The molecule has 0 aromatic heterocycles. The second-order valence-electron chi connectivity index (χ2n) is 7.53. The summed E-state index contributed by atoms with van der Waals surface area (Å²) < 4.78 is 18.8. The lowest BCUT2D eigenvalue weighted by molar-refractivity contribution is -0.149. The molecule has 0 spiro atoms. The molecule has 3 heterocycles. The SMILES string of the molecule is CC1(C)O[C@@H]2[C@H](O1)[C@@H]1C=C[C@H]2C(=C(c2ccccc2)c2ccccc2)O1. The first-order valence-electron chi connectivity index (χ1n) is 9.18. The highest BCUT2D eigenvalue weighted by molar-refractivity contribution is 5.82. The van der Waals surface area contributed by atoms with E-state index in [-0.39, 0.29) is 24.2 Å². The van der Waals surface area contributed by atoms with Crippen LogP contribution in [0.25, 0.3) is 5.57 Å². The van der Waals surface area contributed by atoms with Crippen LogP contribution in [0, 0.1) is 5.92 Å². The van der Waals surface area contributed by atoms with Crippen LogP contribution < -0.4 is 0 Å². The molecule has 0 unspecified atom stereocenters. The topological polar surface area (TPSA) is 27.7 Å². The lowest BCUT2D eigenvalue weighted by Crippen LogP contribution is -2.49. The van der Waals surface area contributed by atoms with Crippen LogP contribution in [-0.2, 0) is 14.2 Å². The number of hydrogen-bond donors (Lipinski definition) is 0. The van der Waals surface area contributed by atoms with Gasteiger partial charge in [-0.05, 0) is 31.1 Å². The highest BCUT2D eigenvalue weighted by atomic mass is 16.8. The molecule has 0 amide bonds. The highest BCUT2D eigenvalue weighted by Crippen LogP contribution is 2.48. The Hall–Kier alpha value is -2.36. The van der Waals surface area contributed by atoms with Crippen LogP contribution >= 0.6 is 0 Å². The molecule has 0 radical (unpaired) electrons. The molecule has 1 aliphatic carbocycles. The van der Waals surface area contributed by atoms with E-state index >= 15 is 0 Å². The molecule has 3 aliphatic heterocycles. The van der Waals surface area contributed by atoms with Crippen molar-refractivity contribution in [1.29, 1.82) is 0 Å².